The van der Waals surface area contributed by atoms with Crippen molar-refractivity contribution >= 4 is 5.97 Å². The lowest BCUT2D eigenvalue weighted by molar-refractivity contribution is -0.151. The quantitative estimate of drug-likeness (QED) is 0.755. The smallest absolute Gasteiger partial charge is 0.328 e. The molecule has 2 heterocycles. The lowest BCUT2D eigenvalue weighted by Crippen LogP contribution is -2.44. The van der Waals surface area contributed by atoms with Crippen LogP contribution in [-0.4, -0.2) is 58.2 Å². The van der Waals surface area contributed by atoms with Crippen LogP contribution in [0.25, 0.3) is 0 Å². The average Bonchev–Trinajstić information content (AvgIpc) is 3.05. The minimum Gasteiger partial charge on any atom is -0.493 e. The number of carbonyl (C=O) groups is 1. The van der Waals surface area contributed by atoms with Gasteiger partial charge in [0.25, 0.3) is 0 Å². The summed E-state index contributed by atoms with van der Waals surface area (Å²) in [6, 6.07) is 1.48. The van der Waals surface area contributed by atoms with Crippen LogP contribution in [0.1, 0.15) is 24.1 Å². The van der Waals surface area contributed by atoms with E-state index in [1.807, 2.05) is 11.0 Å². The second kappa shape index (κ2) is 6.86. The van der Waals surface area contributed by atoms with Gasteiger partial charge in [-0.3, -0.25) is 4.90 Å². The van der Waals surface area contributed by atoms with E-state index >= 15 is 0 Å². The summed E-state index contributed by atoms with van der Waals surface area (Å²) in [7, 11) is 4.70. The molecule has 0 saturated carbocycles. The minimum absolute atomic E-state index is 0.134. The largest absolute Gasteiger partial charge is 0.493 e. The van der Waals surface area contributed by atoms with Crippen LogP contribution in [-0.2, 0) is 20.7 Å². The molecule has 0 aliphatic carbocycles. The van der Waals surface area contributed by atoms with Crippen molar-refractivity contribution in [1.82, 2.24) is 4.90 Å². The first-order chi connectivity index (χ1) is 11.7. The monoisotopic (exact) mass is 337 g/mol. The van der Waals surface area contributed by atoms with Gasteiger partial charge in [0.2, 0.25) is 5.75 Å². The highest BCUT2D eigenvalue weighted by atomic mass is 16.5. The first-order valence-corrected chi connectivity index (χ1v) is 7.98. The molecule has 3 rings (SSSR count). The third-order valence-electron chi connectivity index (χ3n) is 4.54. The molecule has 0 bridgehead atoms. The number of nitrogens with zero attached hydrogens (tertiary/aromatic N) is 1. The zero-order valence-corrected chi connectivity index (χ0v) is 14.5. The minimum atomic E-state index is -0.573. The Morgan fingerprint density at radius 2 is 2.00 bits per heavy atom. The third-order valence-corrected chi connectivity index (χ3v) is 4.54. The van der Waals surface area contributed by atoms with Gasteiger partial charge in [-0.05, 0) is 25.0 Å². The van der Waals surface area contributed by atoms with E-state index in [0.717, 1.165) is 17.5 Å². The van der Waals surface area contributed by atoms with Crippen LogP contribution in [0.4, 0.5) is 0 Å². The van der Waals surface area contributed by atoms with E-state index in [1.54, 1.807) is 28.3 Å². The number of carbonyl (C=O) groups excluding carboxylic acids is 1. The summed E-state index contributed by atoms with van der Waals surface area (Å²) >= 11 is 0. The summed E-state index contributed by atoms with van der Waals surface area (Å²) in [5, 5.41) is 0. The van der Waals surface area contributed by atoms with Crippen LogP contribution in [0, 0.1) is 0 Å². The van der Waals surface area contributed by atoms with Crippen molar-refractivity contribution < 1.29 is 28.5 Å². The van der Waals surface area contributed by atoms with Crippen LogP contribution in [0.15, 0.2) is 6.07 Å². The number of esters is 1. The molecule has 7 heteroatoms. The van der Waals surface area contributed by atoms with Gasteiger partial charge in [-0.1, -0.05) is 0 Å². The van der Waals surface area contributed by atoms with E-state index in [2.05, 4.69) is 0 Å². The molecule has 1 unspecified atom stereocenters. The average molecular weight is 337 g/mol. The van der Waals surface area contributed by atoms with Gasteiger partial charge in [0.05, 0.1) is 34.5 Å². The summed E-state index contributed by atoms with van der Waals surface area (Å²) < 4.78 is 27.4. The fourth-order valence-corrected chi connectivity index (χ4v) is 3.55. The molecule has 7 nitrogen and oxygen atoms in total. The van der Waals surface area contributed by atoms with Gasteiger partial charge >= 0.3 is 5.97 Å². The number of hydrogen-bond acceptors (Lipinski definition) is 7. The van der Waals surface area contributed by atoms with Crippen LogP contribution in [0.5, 0.6) is 17.2 Å². The zero-order chi connectivity index (χ0) is 17.3. The van der Waals surface area contributed by atoms with Gasteiger partial charge in [0, 0.05) is 11.6 Å². The maximum absolute atomic E-state index is 12.7. The Balaban J connectivity index is 2.19. The van der Waals surface area contributed by atoms with Crippen molar-refractivity contribution in [3.05, 3.63) is 17.2 Å². The van der Waals surface area contributed by atoms with Crippen molar-refractivity contribution in [3.8, 4) is 17.2 Å². The molecule has 0 aromatic heterocycles. The number of ether oxygens (including phenoxy) is 5. The second-order valence-corrected chi connectivity index (χ2v) is 5.74. The lowest BCUT2D eigenvalue weighted by atomic mass is 9.87. The van der Waals surface area contributed by atoms with Crippen molar-refractivity contribution in [2.24, 2.45) is 0 Å². The Kier molecular flexibility index (Phi) is 4.82. The molecule has 132 valence electrons. The Labute approximate surface area is 141 Å². The Hall–Kier alpha value is -1.99. The summed E-state index contributed by atoms with van der Waals surface area (Å²) in [5.41, 5.74) is 1.77. The molecule has 2 atom stereocenters. The standard InChI is InChI=1S/C17H23NO6/c1-5-24-17(19)14-13-10(6-11-8-23-9-18(11)14)7-12(20-2)15(21-3)16(13)22-4/h7,11,14H,5-6,8-9H2,1-4H3/t11-,14?/m1/s1. The van der Waals surface area contributed by atoms with E-state index in [0.29, 0.717) is 37.2 Å². The molecule has 0 N–H and O–H groups in total. The maximum atomic E-state index is 12.7. The van der Waals surface area contributed by atoms with Crippen molar-refractivity contribution in [2.45, 2.75) is 25.4 Å². The van der Waals surface area contributed by atoms with E-state index in [4.69, 9.17) is 23.7 Å². The topological polar surface area (TPSA) is 66.5 Å². The molecule has 0 radical (unpaired) electrons. The highest BCUT2D eigenvalue weighted by Gasteiger charge is 2.45. The molecule has 1 aromatic rings. The molecule has 0 spiro atoms. The molecular formula is C17H23NO6. The molecule has 1 saturated heterocycles. The molecule has 2 aliphatic rings. The van der Waals surface area contributed by atoms with Gasteiger partial charge in [0.15, 0.2) is 11.5 Å². The van der Waals surface area contributed by atoms with E-state index in [9.17, 15) is 4.79 Å². The summed E-state index contributed by atoms with van der Waals surface area (Å²) in [4.78, 5) is 14.7. The van der Waals surface area contributed by atoms with Crippen LogP contribution < -0.4 is 14.2 Å². The molecule has 1 aromatic carbocycles. The molecule has 0 amide bonds. The molecule has 24 heavy (non-hydrogen) atoms. The normalized spacial score (nSPS) is 22.5. The Morgan fingerprint density at radius 3 is 2.62 bits per heavy atom. The Morgan fingerprint density at radius 1 is 1.25 bits per heavy atom. The van der Waals surface area contributed by atoms with Gasteiger partial charge in [-0.15, -0.1) is 0 Å². The first kappa shape index (κ1) is 16.9. The predicted molar refractivity (Wildman–Crippen MR) is 85.6 cm³/mol. The highest BCUT2D eigenvalue weighted by Crippen LogP contribution is 2.49. The molecular weight excluding hydrogens is 314 g/mol. The third kappa shape index (κ3) is 2.57. The predicted octanol–water partition coefficient (Wildman–Crippen LogP) is 1.53. The van der Waals surface area contributed by atoms with E-state index in [1.165, 1.54) is 0 Å². The summed E-state index contributed by atoms with van der Waals surface area (Å²) in [6.07, 6.45) is 0.752. The van der Waals surface area contributed by atoms with Crippen molar-refractivity contribution in [2.75, 3.05) is 41.3 Å². The van der Waals surface area contributed by atoms with Gasteiger partial charge in [-0.2, -0.15) is 0 Å². The second-order valence-electron chi connectivity index (χ2n) is 5.74. The summed E-state index contributed by atoms with van der Waals surface area (Å²) in [6.45, 7) is 3.10. The van der Waals surface area contributed by atoms with Crippen molar-refractivity contribution in [3.63, 3.8) is 0 Å². The van der Waals surface area contributed by atoms with E-state index < -0.39 is 6.04 Å². The number of benzene rings is 1. The summed E-state index contributed by atoms with van der Waals surface area (Å²) in [5.74, 6) is 1.27. The van der Waals surface area contributed by atoms with E-state index in [-0.39, 0.29) is 12.0 Å². The van der Waals surface area contributed by atoms with Gasteiger partial charge < -0.3 is 23.7 Å². The molecule has 2 aliphatic heterocycles. The number of fused-ring (bicyclic) bond motifs is 2. The van der Waals surface area contributed by atoms with Crippen LogP contribution in [0.2, 0.25) is 0 Å². The van der Waals surface area contributed by atoms with Crippen LogP contribution in [0.3, 0.4) is 0 Å². The van der Waals surface area contributed by atoms with Crippen molar-refractivity contribution in [1.29, 1.82) is 0 Å². The molecule has 1 fully saturated rings. The SMILES string of the molecule is CCOC(=O)C1c2c(cc(OC)c(OC)c2OC)C[C@@H]2COCN12. The van der Waals surface area contributed by atoms with Gasteiger partial charge in [0.1, 0.15) is 12.8 Å². The maximum Gasteiger partial charge on any atom is 0.328 e. The number of rotatable bonds is 5. The fourth-order valence-electron chi connectivity index (χ4n) is 3.55. The van der Waals surface area contributed by atoms with Crippen LogP contribution >= 0.6 is 0 Å². The fraction of sp³-hybridized carbons (Fsp3) is 0.588. The highest BCUT2D eigenvalue weighted by molar-refractivity contribution is 5.81. The lowest BCUT2D eigenvalue weighted by Gasteiger charge is -2.37. The number of hydrogen-bond donors (Lipinski definition) is 0. The van der Waals surface area contributed by atoms with Gasteiger partial charge in [-0.25, -0.2) is 4.79 Å². The number of methoxy groups -OCH3 is 3. The zero-order valence-electron chi connectivity index (χ0n) is 14.5. The Bertz CT molecular complexity index is 632. The first-order valence-electron chi connectivity index (χ1n) is 7.98.